The number of piperidine rings is 1. The molecule has 2 aliphatic rings. The van der Waals surface area contributed by atoms with Crippen molar-refractivity contribution in [2.75, 3.05) is 12.3 Å². The SMILES string of the molecule is Cl.Cl.Nc1cc(CCCNC(=O)CC2CC3CCC(C2)N3)nn1-c1ccccc1. The highest BCUT2D eigenvalue weighted by Crippen LogP contribution is 2.32. The number of carbonyl (C=O) groups excluding carboxylic acids is 1. The third-order valence-electron chi connectivity index (χ3n) is 5.76. The number of nitrogens with zero attached hydrogens (tertiary/aromatic N) is 2. The second kappa shape index (κ2) is 10.9. The summed E-state index contributed by atoms with van der Waals surface area (Å²) in [6.07, 6.45) is 7.21. The van der Waals surface area contributed by atoms with Crippen molar-refractivity contribution >= 4 is 36.5 Å². The lowest BCUT2D eigenvalue weighted by atomic mass is 9.89. The molecule has 2 bridgehead atoms. The summed E-state index contributed by atoms with van der Waals surface area (Å²) >= 11 is 0. The number of hydrogen-bond donors (Lipinski definition) is 3. The van der Waals surface area contributed by atoms with Gasteiger partial charge in [0.05, 0.1) is 11.4 Å². The van der Waals surface area contributed by atoms with Crippen molar-refractivity contribution in [2.24, 2.45) is 5.92 Å². The van der Waals surface area contributed by atoms with E-state index >= 15 is 0 Å². The van der Waals surface area contributed by atoms with Crippen LogP contribution in [0, 0.1) is 5.92 Å². The van der Waals surface area contributed by atoms with E-state index in [1.165, 1.54) is 12.8 Å². The summed E-state index contributed by atoms with van der Waals surface area (Å²) in [4.78, 5) is 12.2. The zero-order valence-electron chi connectivity index (χ0n) is 16.5. The minimum Gasteiger partial charge on any atom is -0.384 e. The number of carbonyl (C=O) groups is 1. The highest BCUT2D eigenvalue weighted by molar-refractivity contribution is 5.85. The number of aryl methyl sites for hydroxylation is 1. The predicted molar refractivity (Wildman–Crippen MR) is 121 cm³/mol. The molecule has 1 amide bonds. The van der Waals surface area contributed by atoms with Crippen LogP contribution in [0.4, 0.5) is 5.82 Å². The van der Waals surface area contributed by atoms with Crippen molar-refractivity contribution in [1.29, 1.82) is 0 Å². The van der Waals surface area contributed by atoms with Crippen LogP contribution in [0.3, 0.4) is 0 Å². The number of benzene rings is 1. The standard InChI is InChI=1S/C21H29N5O.2ClH/c22-20-14-18(25-26(20)19-6-2-1-3-7-19)5-4-10-23-21(27)13-15-11-16-8-9-17(12-15)24-16;;/h1-3,6-7,14-17,24H,4-5,8-13,22H2,(H,23,27);2*1H. The highest BCUT2D eigenvalue weighted by Gasteiger charge is 2.34. The molecule has 2 unspecified atom stereocenters. The molecule has 3 heterocycles. The molecule has 2 fully saturated rings. The Bertz CT molecular complexity index is 771. The fourth-order valence-electron chi connectivity index (χ4n) is 4.52. The van der Waals surface area contributed by atoms with E-state index in [1.807, 2.05) is 36.4 Å². The number of halogens is 2. The lowest BCUT2D eigenvalue weighted by molar-refractivity contribution is -0.122. The molecule has 1 aromatic heterocycles. The van der Waals surface area contributed by atoms with Crippen LogP contribution in [0.1, 0.15) is 44.2 Å². The Morgan fingerprint density at radius 2 is 1.86 bits per heavy atom. The average molecular weight is 440 g/mol. The molecule has 160 valence electrons. The van der Waals surface area contributed by atoms with Gasteiger partial charge in [-0.3, -0.25) is 4.79 Å². The Morgan fingerprint density at radius 3 is 2.55 bits per heavy atom. The van der Waals surface area contributed by atoms with E-state index in [2.05, 4.69) is 15.7 Å². The molecule has 4 rings (SSSR count). The normalized spacial score (nSPS) is 22.4. The Morgan fingerprint density at radius 1 is 1.17 bits per heavy atom. The van der Waals surface area contributed by atoms with E-state index in [4.69, 9.17) is 5.73 Å². The third-order valence-corrected chi connectivity index (χ3v) is 5.76. The number of amides is 1. The van der Waals surface area contributed by atoms with Gasteiger partial charge in [0, 0.05) is 31.1 Å². The van der Waals surface area contributed by atoms with Gasteiger partial charge in [-0.15, -0.1) is 24.8 Å². The van der Waals surface area contributed by atoms with Gasteiger partial charge in [-0.1, -0.05) is 18.2 Å². The average Bonchev–Trinajstić information content (AvgIpc) is 3.21. The van der Waals surface area contributed by atoms with Gasteiger partial charge in [-0.2, -0.15) is 5.10 Å². The number of nitrogen functional groups attached to an aromatic ring is 1. The second-order valence-electron chi connectivity index (χ2n) is 7.94. The molecule has 0 saturated carbocycles. The molecule has 0 aliphatic carbocycles. The summed E-state index contributed by atoms with van der Waals surface area (Å²) in [5.74, 6) is 1.38. The molecule has 0 spiro atoms. The maximum absolute atomic E-state index is 12.2. The molecule has 2 saturated heterocycles. The van der Waals surface area contributed by atoms with E-state index in [9.17, 15) is 4.79 Å². The fourth-order valence-corrected chi connectivity index (χ4v) is 4.52. The minimum absolute atomic E-state index is 0. The van der Waals surface area contributed by atoms with E-state index in [-0.39, 0.29) is 30.7 Å². The van der Waals surface area contributed by atoms with Crippen LogP contribution in [-0.4, -0.2) is 34.3 Å². The highest BCUT2D eigenvalue weighted by atomic mass is 35.5. The van der Waals surface area contributed by atoms with E-state index < -0.39 is 0 Å². The first-order chi connectivity index (χ1) is 13.2. The maximum Gasteiger partial charge on any atom is 0.220 e. The van der Waals surface area contributed by atoms with Crippen LogP contribution in [-0.2, 0) is 11.2 Å². The fraction of sp³-hybridized carbons (Fsp3) is 0.524. The monoisotopic (exact) mass is 439 g/mol. The Labute approximate surface area is 184 Å². The summed E-state index contributed by atoms with van der Waals surface area (Å²) in [7, 11) is 0. The van der Waals surface area contributed by atoms with E-state index in [0.29, 0.717) is 36.8 Å². The molecule has 8 heteroatoms. The van der Waals surface area contributed by atoms with Gasteiger partial charge >= 0.3 is 0 Å². The van der Waals surface area contributed by atoms with Crippen LogP contribution in [0.15, 0.2) is 36.4 Å². The first-order valence-electron chi connectivity index (χ1n) is 10.1. The number of aromatic nitrogens is 2. The molecule has 0 radical (unpaired) electrons. The summed E-state index contributed by atoms with van der Waals surface area (Å²) in [6, 6.07) is 13.1. The number of hydrogen-bond acceptors (Lipinski definition) is 4. The Balaban J connectivity index is 0.00000150. The molecule has 29 heavy (non-hydrogen) atoms. The number of para-hydroxylation sites is 1. The zero-order chi connectivity index (χ0) is 18.6. The summed E-state index contributed by atoms with van der Waals surface area (Å²) in [5.41, 5.74) is 8.01. The van der Waals surface area contributed by atoms with Gasteiger partial charge < -0.3 is 16.4 Å². The first kappa shape index (κ1) is 23.5. The lowest BCUT2D eigenvalue weighted by Crippen LogP contribution is -2.39. The topological polar surface area (TPSA) is 85.0 Å². The molecular formula is C21H31Cl2N5O. The molecule has 4 N–H and O–H groups in total. The second-order valence-corrected chi connectivity index (χ2v) is 7.94. The summed E-state index contributed by atoms with van der Waals surface area (Å²) in [5, 5.41) is 11.3. The quantitative estimate of drug-likeness (QED) is 0.577. The first-order valence-corrected chi connectivity index (χ1v) is 10.1. The van der Waals surface area contributed by atoms with Gasteiger partial charge in [-0.25, -0.2) is 4.68 Å². The summed E-state index contributed by atoms with van der Waals surface area (Å²) < 4.78 is 1.76. The van der Waals surface area contributed by atoms with Crippen LogP contribution in [0.25, 0.3) is 5.69 Å². The molecule has 2 atom stereocenters. The van der Waals surface area contributed by atoms with E-state index in [1.54, 1.807) is 4.68 Å². The van der Waals surface area contributed by atoms with Crippen molar-refractivity contribution < 1.29 is 4.79 Å². The Kier molecular flexibility index (Phi) is 8.80. The number of fused-ring (bicyclic) bond motifs is 2. The van der Waals surface area contributed by atoms with Crippen LogP contribution in [0.5, 0.6) is 0 Å². The van der Waals surface area contributed by atoms with Gasteiger partial charge in [0.1, 0.15) is 5.82 Å². The van der Waals surface area contributed by atoms with Gasteiger partial charge in [-0.05, 0) is 56.6 Å². The van der Waals surface area contributed by atoms with Gasteiger partial charge in [0.15, 0.2) is 0 Å². The molecule has 1 aromatic carbocycles. The number of nitrogens with one attached hydrogen (secondary N) is 2. The minimum atomic E-state index is 0. The predicted octanol–water partition coefficient (Wildman–Crippen LogP) is 3.27. The number of rotatable bonds is 7. The zero-order valence-corrected chi connectivity index (χ0v) is 18.2. The molecular weight excluding hydrogens is 409 g/mol. The van der Waals surface area contributed by atoms with Crippen molar-refractivity contribution in [2.45, 2.75) is 57.0 Å². The van der Waals surface area contributed by atoms with Crippen LogP contribution in [0.2, 0.25) is 0 Å². The smallest absolute Gasteiger partial charge is 0.220 e. The molecule has 2 aliphatic heterocycles. The van der Waals surface area contributed by atoms with Crippen molar-refractivity contribution in [3.8, 4) is 5.69 Å². The number of anilines is 1. The lowest BCUT2D eigenvalue weighted by Gasteiger charge is -2.28. The Hall–Kier alpha value is -1.76. The van der Waals surface area contributed by atoms with Gasteiger partial charge in [0.25, 0.3) is 0 Å². The largest absolute Gasteiger partial charge is 0.384 e. The number of nitrogens with two attached hydrogens (primary N) is 1. The van der Waals surface area contributed by atoms with E-state index in [0.717, 1.165) is 37.1 Å². The van der Waals surface area contributed by atoms with Crippen LogP contribution < -0.4 is 16.4 Å². The van der Waals surface area contributed by atoms with Gasteiger partial charge in [0.2, 0.25) is 5.91 Å². The van der Waals surface area contributed by atoms with Crippen LogP contribution >= 0.6 is 24.8 Å². The van der Waals surface area contributed by atoms with Crippen molar-refractivity contribution in [3.63, 3.8) is 0 Å². The summed E-state index contributed by atoms with van der Waals surface area (Å²) in [6.45, 7) is 0.689. The maximum atomic E-state index is 12.2. The third kappa shape index (κ3) is 6.11. The van der Waals surface area contributed by atoms with Crippen molar-refractivity contribution in [3.05, 3.63) is 42.1 Å². The van der Waals surface area contributed by atoms with Crippen molar-refractivity contribution in [1.82, 2.24) is 20.4 Å². The molecule has 6 nitrogen and oxygen atoms in total. The molecule has 2 aromatic rings.